The van der Waals surface area contributed by atoms with Gasteiger partial charge in [0.15, 0.2) is 5.69 Å². The summed E-state index contributed by atoms with van der Waals surface area (Å²) in [4.78, 5) is 15.8. The van der Waals surface area contributed by atoms with Crippen LogP contribution < -0.4 is 0 Å². The van der Waals surface area contributed by atoms with Gasteiger partial charge in [-0.15, -0.1) is 5.10 Å². The van der Waals surface area contributed by atoms with Gasteiger partial charge in [0.05, 0.1) is 45.3 Å². The van der Waals surface area contributed by atoms with Crippen LogP contribution in [-0.4, -0.2) is 52.0 Å². The number of aliphatic hydroxyl groups is 1. The summed E-state index contributed by atoms with van der Waals surface area (Å²) in [5.41, 5.74) is 2.73. The maximum atomic E-state index is 11.7. The van der Waals surface area contributed by atoms with Crippen molar-refractivity contribution in [2.45, 2.75) is 82.6 Å². The predicted molar refractivity (Wildman–Crippen MR) is 149 cm³/mol. The number of nitrogens with zero attached hydrogens (tertiary/aromatic N) is 6. The van der Waals surface area contributed by atoms with Gasteiger partial charge in [0.1, 0.15) is 5.69 Å². The van der Waals surface area contributed by atoms with Crippen LogP contribution >= 0.6 is 23.2 Å². The van der Waals surface area contributed by atoms with E-state index in [0.29, 0.717) is 64.8 Å². The van der Waals surface area contributed by atoms with Crippen molar-refractivity contribution >= 4 is 40.1 Å². The second-order valence-corrected chi connectivity index (χ2v) is 11.8. The van der Waals surface area contributed by atoms with E-state index in [0.717, 1.165) is 29.8 Å². The highest BCUT2D eigenvalue weighted by Crippen LogP contribution is 2.43. The molecular formula is C28H30Cl2N6O4. The van der Waals surface area contributed by atoms with Gasteiger partial charge in [0.25, 0.3) is 0 Å². The number of rotatable bonds is 8. The summed E-state index contributed by atoms with van der Waals surface area (Å²) >= 11 is 12.8. The van der Waals surface area contributed by atoms with Gasteiger partial charge in [-0.1, -0.05) is 34.5 Å². The number of carboxylic acids is 1. The number of carboxylic acid groups (broad SMARTS) is 1. The van der Waals surface area contributed by atoms with Gasteiger partial charge in [-0.2, -0.15) is 5.10 Å². The number of fused-ring (bicyclic) bond motifs is 1. The van der Waals surface area contributed by atoms with Gasteiger partial charge in [-0.3, -0.25) is 9.67 Å². The summed E-state index contributed by atoms with van der Waals surface area (Å²) in [5, 5.41) is 35.7. The third-order valence-corrected chi connectivity index (χ3v) is 8.50. The van der Waals surface area contributed by atoms with Crippen molar-refractivity contribution in [1.29, 1.82) is 0 Å². The molecule has 0 spiro atoms. The summed E-state index contributed by atoms with van der Waals surface area (Å²) in [6, 6.07) is 5.43. The number of carbonyl (C=O) groups is 1. The van der Waals surface area contributed by atoms with Crippen molar-refractivity contribution in [3.05, 3.63) is 63.3 Å². The number of aromatic nitrogens is 6. The lowest BCUT2D eigenvalue weighted by Gasteiger charge is -2.36. The summed E-state index contributed by atoms with van der Waals surface area (Å²) < 4.78 is 9.74. The van der Waals surface area contributed by atoms with Crippen molar-refractivity contribution in [3.8, 4) is 5.69 Å². The third-order valence-electron chi connectivity index (χ3n) is 7.95. The fraction of sp³-hybridized carbons (Fsp3) is 0.464. The normalized spacial score (nSPS) is 21.4. The molecule has 0 saturated heterocycles. The molecule has 2 saturated carbocycles. The van der Waals surface area contributed by atoms with Gasteiger partial charge in [-0.05, 0) is 70.1 Å². The molecule has 0 bridgehead atoms. The molecule has 0 aliphatic heterocycles. The third kappa shape index (κ3) is 4.87. The lowest BCUT2D eigenvalue weighted by atomic mass is 9.78. The zero-order valence-corrected chi connectivity index (χ0v) is 23.7. The molecule has 3 heterocycles. The highest BCUT2D eigenvalue weighted by molar-refractivity contribution is 6.37. The first-order valence-electron chi connectivity index (χ1n) is 13.5. The Morgan fingerprint density at radius 1 is 1.15 bits per heavy atom. The van der Waals surface area contributed by atoms with Gasteiger partial charge in [0.2, 0.25) is 0 Å². The molecule has 0 amide bonds. The Morgan fingerprint density at radius 2 is 1.85 bits per heavy atom. The highest BCUT2D eigenvalue weighted by Gasteiger charge is 2.37. The molecule has 2 aliphatic carbocycles. The van der Waals surface area contributed by atoms with Gasteiger partial charge < -0.3 is 14.9 Å². The van der Waals surface area contributed by atoms with Crippen molar-refractivity contribution in [2.75, 3.05) is 0 Å². The topological polar surface area (TPSA) is 128 Å². The number of hydrogen-bond acceptors (Lipinski definition) is 7. The van der Waals surface area contributed by atoms with Crippen molar-refractivity contribution in [1.82, 2.24) is 29.8 Å². The Bertz CT molecular complexity index is 1570. The van der Waals surface area contributed by atoms with E-state index in [9.17, 15) is 15.0 Å². The van der Waals surface area contributed by atoms with Gasteiger partial charge >= 0.3 is 5.97 Å². The number of benzene rings is 1. The molecule has 0 atom stereocenters. The Kier molecular flexibility index (Phi) is 7.06. The smallest absolute Gasteiger partial charge is 0.357 e. The van der Waals surface area contributed by atoms with E-state index >= 15 is 0 Å². The number of halogens is 2. The number of hydrogen-bond donors (Lipinski definition) is 2. The number of pyridine rings is 1. The van der Waals surface area contributed by atoms with E-state index < -0.39 is 11.6 Å². The van der Waals surface area contributed by atoms with Crippen LogP contribution in [0.15, 0.2) is 30.6 Å². The van der Waals surface area contributed by atoms with Gasteiger partial charge in [0, 0.05) is 29.7 Å². The Labute approximate surface area is 240 Å². The van der Waals surface area contributed by atoms with E-state index in [1.165, 1.54) is 12.4 Å². The molecule has 3 aromatic heterocycles. The summed E-state index contributed by atoms with van der Waals surface area (Å²) in [7, 11) is 0. The number of aromatic carboxylic acids is 1. The Morgan fingerprint density at radius 3 is 2.48 bits per heavy atom. The molecule has 2 N–H and O–H groups in total. The molecular weight excluding hydrogens is 555 g/mol. The van der Waals surface area contributed by atoms with Crippen molar-refractivity contribution in [3.63, 3.8) is 0 Å². The SMILES string of the molecule is CC(C)n1nc(C(=O)O)c2ccc(C3(O)CCC(OCc4c(C5CC5)nnn4-c4c(Cl)cncc4Cl)CC3)cc21. The second kappa shape index (κ2) is 10.4. The quantitative estimate of drug-likeness (QED) is 0.265. The molecule has 40 heavy (non-hydrogen) atoms. The molecule has 10 nitrogen and oxygen atoms in total. The van der Waals surface area contributed by atoms with Crippen LogP contribution in [0, 0.1) is 0 Å². The molecule has 0 radical (unpaired) electrons. The molecule has 2 aliphatic rings. The van der Waals surface area contributed by atoms with Gasteiger partial charge in [-0.25, -0.2) is 9.48 Å². The standard InChI is InChI=1S/C28H30Cl2N6O4/c1-15(2)35-22-11-17(5-6-19(22)25(33-35)27(37)38)28(39)9-7-18(8-10-28)40-14-23-24(16-3-4-16)32-34-36(23)26-20(29)12-31-13-21(26)30/h5-6,11-13,15-16,18,39H,3-4,7-10,14H2,1-2H3,(H,37,38). The first-order chi connectivity index (χ1) is 19.2. The Hall–Kier alpha value is -3.05. The van der Waals surface area contributed by atoms with E-state index in [1.807, 2.05) is 26.0 Å². The summed E-state index contributed by atoms with van der Waals surface area (Å²) in [5.74, 6) is -0.706. The van der Waals surface area contributed by atoms with Crippen LogP contribution in [-0.2, 0) is 16.9 Å². The molecule has 210 valence electrons. The molecule has 4 aromatic rings. The molecule has 2 fully saturated rings. The van der Waals surface area contributed by atoms with Crippen LogP contribution in [0.2, 0.25) is 10.0 Å². The van der Waals surface area contributed by atoms with Crippen molar-refractivity contribution < 1.29 is 19.7 Å². The minimum atomic E-state index is -1.07. The largest absolute Gasteiger partial charge is 0.476 e. The minimum absolute atomic E-state index is 0.0213. The Balaban J connectivity index is 1.19. The zero-order valence-electron chi connectivity index (χ0n) is 22.2. The van der Waals surface area contributed by atoms with Crippen molar-refractivity contribution in [2.24, 2.45) is 0 Å². The zero-order chi connectivity index (χ0) is 28.2. The first-order valence-corrected chi connectivity index (χ1v) is 14.3. The average Bonchev–Trinajstić information content (AvgIpc) is 3.56. The molecule has 0 unspecified atom stereocenters. The maximum absolute atomic E-state index is 11.7. The molecule has 6 rings (SSSR count). The fourth-order valence-electron chi connectivity index (χ4n) is 5.61. The molecule has 1 aromatic carbocycles. The number of ether oxygens (including phenoxy) is 1. The minimum Gasteiger partial charge on any atom is -0.476 e. The second-order valence-electron chi connectivity index (χ2n) is 11.0. The van der Waals surface area contributed by atoms with Crippen LogP contribution in [0.4, 0.5) is 0 Å². The average molecular weight is 585 g/mol. The fourth-order valence-corrected chi connectivity index (χ4v) is 6.13. The first kappa shape index (κ1) is 27.1. The van der Waals surface area contributed by atoms with Crippen LogP contribution in [0.25, 0.3) is 16.6 Å². The van der Waals surface area contributed by atoms with Crippen LogP contribution in [0.1, 0.15) is 91.8 Å². The summed E-state index contributed by atoms with van der Waals surface area (Å²) in [6.07, 6.45) is 7.48. The summed E-state index contributed by atoms with van der Waals surface area (Å²) in [6.45, 7) is 4.21. The molecule has 12 heteroatoms. The lowest BCUT2D eigenvalue weighted by Crippen LogP contribution is -2.34. The lowest BCUT2D eigenvalue weighted by molar-refractivity contribution is -0.0648. The maximum Gasteiger partial charge on any atom is 0.357 e. The van der Waals surface area contributed by atoms with E-state index in [2.05, 4.69) is 20.4 Å². The monoisotopic (exact) mass is 584 g/mol. The highest BCUT2D eigenvalue weighted by atomic mass is 35.5. The predicted octanol–water partition coefficient (Wildman–Crippen LogP) is 5.82. The van der Waals surface area contributed by atoms with Crippen LogP contribution in [0.3, 0.4) is 0 Å². The van der Waals surface area contributed by atoms with E-state index in [4.69, 9.17) is 27.9 Å². The van der Waals surface area contributed by atoms with Crippen LogP contribution in [0.5, 0.6) is 0 Å². The van der Waals surface area contributed by atoms with E-state index in [-0.39, 0.29) is 17.8 Å². The van der Waals surface area contributed by atoms with E-state index in [1.54, 1.807) is 15.4 Å².